The molecule has 0 spiro atoms. The Morgan fingerprint density at radius 2 is 1.69 bits per heavy atom. The molecule has 1 saturated heterocycles. The zero-order valence-electron chi connectivity index (χ0n) is 29.6. The largest absolute Gasteiger partial charge is 0.370 e. The minimum absolute atomic E-state index is 0.000538. The van der Waals surface area contributed by atoms with Gasteiger partial charge in [0.2, 0.25) is 11.8 Å². The standard InChI is InChI=1S/C36H52FN7O5/c1-22(2)44-29(13-14-39-44)33(46)41-32(30(24-7-8-24)25-9-10-25)34(47)40-28-12-11-26(19-27(28)37)23(3)31(38-20-36(4,21-45)49-6)35(48)43-17-15-42(5)16-18-43/h11-14,19,21-25,30-32,38H,7-10,15-18,20H2,1-6H3,(H,40,47)(H,41,46)/t23-,31+,32-,36-/m0/s1. The third-order valence-electron chi connectivity index (χ3n) is 10.4. The predicted molar refractivity (Wildman–Crippen MR) is 184 cm³/mol. The lowest BCUT2D eigenvalue weighted by Crippen LogP contribution is -2.57. The number of nitrogens with one attached hydrogen (secondary N) is 3. The number of amides is 3. The number of benzene rings is 1. The van der Waals surface area contributed by atoms with Gasteiger partial charge in [-0.3, -0.25) is 19.1 Å². The maximum absolute atomic E-state index is 15.8. The first-order valence-corrected chi connectivity index (χ1v) is 17.5. The summed E-state index contributed by atoms with van der Waals surface area (Å²) in [6.07, 6.45) is 6.28. The SMILES string of the molecule is CO[C@](C)(C=O)CN[C@@H](C(=O)N1CCN(C)CC1)[C@@H](C)c1ccc(NC(=O)[C@@H](NC(=O)c2ccnn2C(C)C)C(C2CC2)C2CC2)c(F)c1. The fourth-order valence-electron chi connectivity index (χ4n) is 6.84. The van der Waals surface area contributed by atoms with Crippen LogP contribution in [0.1, 0.15) is 81.4 Å². The highest BCUT2D eigenvalue weighted by Crippen LogP contribution is 2.51. The Kier molecular flexibility index (Phi) is 11.6. The monoisotopic (exact) mass is 681 g/mol. The number of anilines is 1. The Balaban J connectivity index is 1.35. The number of rotatable bonds is 16. The summed E-state index contributed by atoms with van der Waals surface area (Å²) in [5.74, 6) is -1.44. The molecule has 0 radical (unpaired) electrons. The molecule has 3 N–H and O–H groups in total. The van der Waals surface area contributed by atoms with E-state index in [1.165, 1.54) is 19.2 Å². The first-order chi connectivity index (χ1) is 23.4. The van der Waals surface area contributed by atoms with E-state index in [0.29, 0.717) is 42.5 Å². The van der Waals surface area contributed by atoms with Gasteiger partial charge in [-0.25, -0.2) is 4.39 Å². The summed E-state index contributed by atoms with van der Waals surface area (Å²) in [4.78, 5) is 56.9. The van der Waals surface area contributed by atoms with Gasteiger partial charge < -0.3 is 35.3 Å². The third kappa shape index (κ3) is 8.74. The molecule has 1 aromatic carbocycles. The van der Waals surface area contributed by atoms with E-state index in [4.69, 9.17) is 4.74 Å². The number of piperazine rings is 1. The van der Waals surface area contributed by atoms with Crippen molar-refractivity contribution in [2.75, 3.05) is 52.2 Å². The van der Waals surface area contributed by atoms with E-state index in [1.54, 1.807) is 34.8 Å². The maximum Gasteiger partial charge on any atom is 0.270 e. The van der Waals surface area contributed by atoms with Gasteiger partial charge in [0, 0.05) is 58.0 Å². The second-order valence-electron chi connectivity index (χ2n) is 14.6. The van der Waals surface area contributed by atoms with Crippen LogP contribution in [0.15, 0.2) is 30.5 Å². The Hall–Kier alpha value is -3.68. The molecular formula is C36H52FN7O5. The Morgan fingerprint density at radius 3 is 2.24 bits per heavy atom. The number of hydrogen-bond donors (Lipinski definition) is 3. The summed E-state index contributed by atoms with van der Waals surface area (Å²) in [6, 6.07) is 4.57. The van der Waals surface area contributed by atoms with Crippen LogP contribution in [0, 0.1) is 23.6 Å². The number of likely N-dealkylation sites (N-methyl/N-ethyl adjacent to an activating group) is 1. The number of nitrogens with zero attached hydrogens (tertiary/aromatic N) is 4. The molecule has 2 saturated carbocycles. The van der Waals surface area contributed by atoms with Crippen molar-refractivity contribution in [1.29, 1.82) is 0 Å². The highest BCUT2D eigenvalue weighted by atomic mass is 19.1. The van der Waals surface area contributed by atoms with Crippen LogP contribution in [0.4, 0.5) is 10.1 Å². The van der Waals surface area contributed by atoms with Crippen LogP contribution in [-0.2, 0) is 19.1 Å². The number of ether oxygens (including phenoxy) is 1. The first kappa shape index (κ1) is 36.6. The first-order valence-electron chi connectivity index (χ1n) is 17.5. The van der Waals surface area contributed by atoms with Crippen molar-refractivity contribution < 1.29 is 28.3 Å². The van der Waals surface area contributed by atoms with Gasteiger partial charge in [-0.1, -0.05) is 13.0 Å². The molecule has 0 unspecified atom stereocenters. The number of halogens is 1. The van der Waals surface area contributed by atoms with E-state index in [2.05, 4.69) is 25.9 Å². The summed E-state index contributed by atoms with van der Waals surface area (Å²) in [7, 11) is 3.45. The summed E-state index contributed by atoms with van der Waals surface area (Å²) < 4.78 is 22.8. The van der Waals surface area contributed by atoms with Gasteiger partial charge >= 0.3 is 0 Å². The van der Waals surface area contributed by atoms with E-state index in [-0.39, 0.29) is 36.0 Å². The zero-order chi connectivity index (χ0) is 35.5. The molecule has 3 aliphatic rings. The number of aromatic nitrogens is 2. The molecule has 3 fully saturated rings. The molecule has 0 bridgehead atoms. The average Bonchev–Trinajstić information content (AvgIpc) is 4.04. The van der Waals surface area contributed by atoms with Crippen LogP contribution >= 0.6 is 0 Å². The van der Waals surface area contributed by atoms with E-state index >= 15 is 4.39 Å². The summed E-state index contributed by atoms with van der Waals surface area (Å²) in [6.45, 7) is 10.0. The molecule has 2 aliphatic carbocycles. The van der Waals surface area contributed by atoms with Crippen LogP contribution in [0.3, 0.4) is 0 Å². The van der Waals surface area contributed by atoms with E-state index in [1.807, 2.05) is 27.8 Å². The highest BCUT2D eigenvalue weighted by molar-refractivity contribution is 6.01. The minimum Gasteiger partial charge on any atom is -0.370 e. The van der Waals surface area contributed by atoms with Crippen LogP contribution in [-0.4, -0.2) is 108 Å². The Bertz CT molecular complexity index is 1490. The third-order valence-corrected chi connectivity index (χ3v) is 10.4. The number of methoxy groups -OCH3 is 1. The maximum atomic E-state index is 15.8. The molecular weight excluding hydrogens is 629 g/mol. The summed E-state index contributed by atoms with van der Waals surface area (Å²) in [5.41, 5.74) is -0.211. The van der Waals surface area contributed by atoms with Gasteiger partial charge in [-0.05, 0) is 95.0 Å². The lowest BCUT2D eigenvalue weighted by Gasteiger charge is -2.37. The second-order valence-corrected chi connectivity index (χ2v) is 14.6. The molecule has 268 valence electrons. The number of hydrogen-bond acceptors (Lipinski definition) is 8. The van der Waals surface area contributed by atoms with Gasteiger partial charge in [-0.15, -0.1) is 0 Å². The average molecular weight is 682 g/mol. The molecule has 13 heteroatoms. The van der Waals surface area contributed by atoms with Gasteiger partial charge in [0.15, 0.2) is 6.29 Å². The minimum atomic E-state index is -1.14. The second kappa shape index (κ2) is 15.5. The Labute approximate surface area is 288 Å². The lowest BCUT2D eigenvalue weighted by molar-refractivity contribution is -0.136. The molecule has 49 heavy (non-hydrogen) atoms. The van der Waals surface area contributed by atoms with Gasteiger partial charge in [-0.2, -0.15) is 5.10 Å². The van der Waals surface area contributed by atoms with Crippen LogP contribution in [0.25, 0.3) is 0 Å². The lowest BCUT2D eigenvalue weighted by atomic mass is 9.88. The number of carbonyl (C=O) groups is 4. The fraction of sp³-hybridized carbons (Fsp3) is 0.639. The van der Waals surface area contributed by atoms with Gasteiger partial charge in [0.1, 0.15) is 23.2 Å². The van der Waals surface area contributed by atoms with Gasteiger partial charge in [0.05, 0.1) is 11.7 Å². The molecule has 1 aromatic heterocycles. The topological polar surface area (TPSA) is 138 Å². The van der Waals surface area contributed by atoms with Crippen molar-refractivity contribution in [1.82, 2.24) is 30.2 Å². The number of aldehydes is 1. The van der Waals surface area contributed by atoms with Crippen molar-refractivity contribution in [3.8, 4) is 0 Å². The van der Waals surface area contributed by atoms with E-state index < -0.39 is 35.3 Å². The quantitative estimate of drug-likeness (QED) is 0.230. The van der Waals surface area contributed by atoms with Crippen LogP contribution in [0.5, 0.6) is 0 Å². The van der Waals surface area contributed by atoms with Crippen LogP contribution < -0.4 is 16.0 Å². The summed E-state index contributed by atoms with van der Waals surface area (Å²) in [5, 5.41) is 13.3. The summed E-state index contributed by atoms with van der Waals surface area (Å²) >= 11 is 0. The zero-order valence-corrected chi connectivity index (χ0v) is 29.6. The number of carbonyl (C=O) groups excluding carboxylic acids is 4. The molecule has 5 rings (SSSR count). The highest BCUT2D eigenvalue weighted by Gasteiger charge is 2.48. The van der Waals surface area contributed by atoms with Crippen molar-refractivity contribution in [2.45, 2.75) is 83.0 Å². The molecule has 2 aromatic rings. The van der Waals surface area contributed by atoms with Crippen molar-refractivity contribution >= 4 is 29.7 Å². The van der Waals surface area contributed by atoms with E-state index in [0.717, 1.165) is 38.8 Å². The van der Waals surface area contributed by atoms with E-state index in [9.17, 15) is 19.2 Å². The van der Waals surface area contributed by atoms with Crippen LogP contribution in [0.2, 0.25) is 0 Å². The smallest absolute Gasteiger partial charge is 0.270 e. The van der Waals surface area contributed by atoms with Crippen molar-refractivity contribution in [2.24, 2.45) is 17.8 Å². The molecule has 3 amide bonds. The Morgan fingerprint density at radius 1 is 1.04 bits per heavy atom. The fourth-order valence-corrected chi connectivity index (χ4v) is 6.84. The molecule has 2 heterocycles. The van der Waals surface area contributed by atoms with Crippen molar-refractivity contribution in [3.63, 3.8) is 0 Å². The van der Waals surface area contributed by atoms with Gasteiger partial charge in [0.25, 0.3) is 5.91 Å². The predicted octanol–water partition coefficient (Wildman–Crippen LogP) is 3.22. The molecule has 12 nitrogen and oxygen atoms in total. The van der Waals surface area contributed by atoms with Crippen molar-refractivity contribution in [3.05, 3.63) is 47.5 Å². The molecule has 1 aliphatic heterocycles. The molecule has 4 atom stereocenters. The normalized spacial score (nSPS) is 20.1.